The lowest BCUT2D eigenvalue weighted by atomic mass is 10.4. The van der Waals surface area contributed by atoms with Gasteiger partial charge in [-0.3, -0.25) is 14.3 Å². The summed E-state index contributed by atoms with van der Waals surface area (Å²) in [4.78, 5) is 22.4. The van der Waals surface area contributed by atoms with Crippen molar-refractivity contribution < 1.29 is 13.8 Å². The van der Waals surface area contributed by atoms with Gasteiger partial charge in [0, 0.05) is 6.92 Å². The minimum atomic E-state index is -3.28. The molecule has 1 aromatic carbocycles. The number of rotatable bonds is 3. The molecule has 0 aromatic heterocycles. The topological polar surface area (TPSA) is 102 Å². The van der Waals surface area contributed by atoms with Gasteiger partial charge in [0.15, 0.2) is 9.92 Å². The van der Waals surface area contributed by atoms with E-state index in [1.807, 2.05) is 0 Å². The first kappa shape index (κ1) is 13.3. The van der Waals surface area contributed by atoms with Gasteiger partial charge in [-0.05, 0) is 12.1 Å². The third kappa shape index (κ3) is 3.65. The molecule has 0 aliphatic carbocycles. The molecule has 2 amide bonds. The lowest BCUT2D eigenvalue weighted by Crippen LogP contribution is -2.29. The van der Waals surface area contributed by atoms with Gasteiger partial charge in [0.1, 0.15) is 0 Å². The van der Waals surface area contributed by atoms with E-state index in [1.165, 1.54) is 19.1 Å². The molecule has 1 rings (SSSR count). The Balaban J connectivity index is 3.30. The summed E-state index contributed by atoms with van der Waals surface area (Å²) in [6.07, 6.45) is 0. The summed E-state index contributed by atoms with van der Waals surface area (Å²) in [6.45, 7) is 0.842. The van der Waals surface area contributed by atoms with Gasteiger partial charge in [-0.15, -0.1) is 4.36 Å². The fourth-order valence-corrected chi connectivity index (χ4v) is 2.66. The molecule has 0 aliphatic rings. The van der Waals surface area contributed by atoms with Crippen LogP contribution >= 0.6 is 0 Å². The number of benzene rings is 1. The van der Waals surface area contributed by atoms with Crippen LogP contribution in [0, 0.1) is 0 Å². The highest BCUT2D eigenvalue weighted by Gasteiger charge is 2.15. The van der Waals surface area contributed by atoms with Crippen molar-refractivity contribution in [2.24, 2.45) is 10.1 Å². The molecule has 0 saturated carbocycles. The van der Waals surface area contributed by atoms with Crippen LogP contribution in [-0.4, -0.2) is 22.6 Å². The Morgan fingerprint density at radius 2 is 1.94 bits per heavy atom. The molecule has 0 saturated heterocycles. The predicted octanol–water partition coefficient (Wildman–Crippen LogP) is 0.0499. The largest absolute Gasteiger partial charge is 0.322 e. The fourth-order valence-electron chi connectivity index (χ4n) is 1.11. The number of amides is 2. The van der Waals surface area contributed by atoms with Crippen molar-refractivity contribution in [1.29, 1.82) is 0 Å². The Hall–Kier alpha value is -1.73. The van der Waals surface area contributed by atoms with Crippen LogP contribution < -0.4 is 10.5 Å². The summed E-state index contributed by atoms with van der Waals surface area (Å²) in [5, 5.41) is 0. The van der Waals surface area contributed by atoms with E-state index < -0.39 is 21.7 Å². The minimum absolute atomic E-state index is 0.261. The molecule has 0 spiro atoms. The predicted molar refractivity (Wildman–Crippen MR) is 63.2 cm³/mol. The summed E-state index contributed by atoms with van der Waals surface area (Å²) >= 11 is 0. The zero-order chi connectivity index (χ0) is 12.9. The molecule has 0 heterocycles. The van der Waals surface area contributed by atoms with E-state index in [4.69, 9.17) is 5.73 Å². The monoisotopic (exact) mass is 255 g/mol. The minimum Gasteiger partial charge on any atom is -0.322 e. The quantitative estimate of drug-likeness (QED) is 0.796. The summed E-state index contributed by atoms with van der Waals surface area (Å²) in [5.74, 6) is -1.26. The Kier molecular flexibility index (Phi) is 4.36. The third-order valence-corrected chi connectivity index (χ3v) is 3.69. The maximum atomic E-state index is 12.4. The summed E-state index contributed by atoms with van der Waals surface area (Å²) < 4.78 is 18.0. The molecule has 1 aromatic rings. The highest BCUT2D eigenvalue weighted by molar-refractivity contribution is 7.92. The molecule has 92 valence electrons. The summed E-state index contributed by atoms with van der Waals surface area (Å²) in [6, 6.07) is 8.04. The Labute approximate surface area is 99.5 Å². The van der Waals surface area contributed by atoms with Gasteiger partial charge in [0.05, 0.1) is 11.4 Å². The van der Waals surface area contributed by atoms with E-state index >= 15 is 0 Å². The lowest BCUT2D eigenvalue weighted by Gasteiger charge is -2.09. The molecule has 0 aliphatic heterocycles. The first-order valence-corrected chi connectivity index (χ1v) is 6.33. The number of nitrogens with one attached hydrogen (secondary N) is 1. The molecular formula is C10H13N3O3S. The Morgan fingerprint density at radius 3 is 2.41 bits per heavy atom. The molecular weight excluding hydrogens is 242 g/mol. The van der Waals surface area contributed by atoms with E-state index in [0.29, 0.717) is 0 Å². The number of carbonyl (C=O) groups is 2. The van der Waals surface area contributed by atoms with E-state index in [1.54, 1.807) is 18.2 Å². The molecule has 0 bridgehead atoms. The van der Waals surface area contributed by atoms with Crippen LogP contribution in [0.2, 0.25) is 0 Å². The zero-order valence-corrected chi connectivity index (χ0v) is 10.1. The lowest BCUT2D eigenvalue weighted by molar-refractivity contribution is -0.117. The first-order chi connectivity index (χ1) is 7.98. The second kappa shape index (κ2) is 5.55. The molecule has 7 heteroatoms. The van der Waals surface area contributed by atoms with Gasteiger partial charge >= 0.3 is 0 Å². The van der Waals surface area contributed by atoms with E-state index in [9.17, 15) is 13.8 Å². The number of hydrogen-bond acceptors (Lipinski definition) is 4. The van der Waals surface area contributed by atoms with Gasteiger partial charge in [-0.2, -0.15) is 0 Å². The second-order valence-corrected chi connectivity index (χ2v) is 5.10. The Morgan fingerprint density at radius 1 is 1.35 bits per heavy atom. The van der Waals surface area contributed by atoms with Crippen molar-refractivity contribution in [1.82, 2.24) is 4.72 Å². The van der Waals surface area contributed by atoms with Crippen molar-refractivity contribution >= 4 is 21.7 Å². The van der Waals surface area contributed by atoms with Crippen molar-refractivity contribution in [3.8, 4) is 0 Å². The summed E-state index contributed by atoms with van der Waals surface area (Å²) in [5.41, 5.74) is 5.11. The van der Waals surface area contributed by atoms with Gasteiger partial charge in [0.25, 0.3) is 5.91 Å². The van der Waals surface area contributed by atoms with Crippen LogP contribution in [0.1, 0.15) is 6.92 Å². The van der Waals surface area contributed by atoms with Crippen LogP contribution in [0.25, 0.3) is 0 Å². The maximum absolute atomic E-state index is 12.4. The van der Waals surface area contributed by atoms with Crippen molar-refractivity contribution in [3.05, 3.63) is 30.3 Å². The van der Waals surface area contributed by atoms with Crippen LogP contribution in [0.15, 0.2) is 39.6 Å². The average Bonchev–Trinajstić information content (AvgIpc) is 2.29. The third-order valence-electron chi connectivity index (χ3n) is 1.75. The SMILES string of the molecule is CC(=O)NS(=O)(=NC(=O)CN)c1ccccc1. The number of nitrogens with two attached hydrogens (primary N) is 1. The first-order valence-electron chi connectivity index (χ1n) is 4.81. The van der Waals surface area contributed by atoms with Crippen molar-refractivity contribution in [2.75, 3.05) is 6.54 Å². The van der Waals surface area contributed by atoms with Crippen LogP contribution in [-0.2, 0) is 19.5 Å². The van der Waals surface area contributed by atoms with Gasteiger partial charge in [-0.25, -0.2) is 4.21 Å². The van der Waals surface area contributed by atoms with Crippen LogP contribution in [0.4, 0.5) is 0 Å². The molecule has 1 unspecified atom stereocenters. The molecule has 3 N–H and O–H groups in total. The van der Waals surface area contributed by atoms with Gasteiger partial charge in [0.2, 0.25) is 5.91 Å². The van der Waals surface area contributed by atoms with E-state index in [0.717, 1.165) is 0 Å². The van der Waals surface area contributed by atoms with Crippen molar-refractivity contribution in [3.63, 3.8) is 0 Å². The number of nitrogens with zero attached hydrogens (tertiary/aromatic N) is 1. The molecule has 0 fully saturated rings. The normalized spacial score (nSPS) is 13.5. The zero-order valence-electron chi connectivity index (χ0n) is 9.25. The highest BCUT2D eigenvalue weighted by atomic mass is 32.2. The molecule has 0 radical (unpaired) electrons. The van der Waals surface area contributed by atoms with Crippen LogP contribution in [0.3, 0.4) is 0 Å². The standard InChI is InChI=1S/C10H13N3O3S/c1-8(14)12-17(16,13-10(15)7-11)9-5-3-2-4-6-9/h2-6H,7,11H2,1H3,(H,12,13,14,15,16). The maximum Gasteiger partial charge on any atom is 0.269 e. The number of hydrogen-bond donors (Lipinski definition) is 2. The van der Waals surface area contributed by atoms with Gasteiger partial charge in [-0.1, -0.05) is 18.2 Å². The molecule has 17 heavy (non-hydrogen) atoms. The smallest absolute Gasteiger partial charge is 0.269 e. The van der Waals surface area contributed by atoms with Gasteiger partial charge < -0.3 is 5.73 Å². The fraction of sp³-hybridized carbons (Fsp3) is 0.200. The van der Waals surface area contributed by atoms with E-state index in [2.05, 4.69) is 9.08 Å². The Bertz CT molecular complexity index is 533. The second-order valence-electron chi connectivity index (χ2n) is 3.19. The van der Waals surface area contributed by atoms with Crippen LogP contribution in [0.5, 0.6) is 0 Å². The summed E-state index contributed by atoms with van der Waals surface area (Å²) in [7, 11) is -3.28. The van der Waals surface area contributed by atoms with E-state index in [-0.39, 0.29) is 11.4 Å². The average molecular weight is 255 g/mol. The highest BCUT2D eigenvalue weighted by Crippen LogP contribution is 2.10. The molecule has 1 atom stereocenters. The molecule has 6 nitrogen and oxygen atoms in total. The number of carbonyl (C=O) groups excluding carboxylic acids is 2. The van der Waals surface area contributed by atoms with Crippen molar-refractivity contribution in [2.45, 2.75) is 11.8 Å².